The quantitative estimate of drug-likeness (QED) is 0.0345. The van der Waals surface area contributed by atoms with Crippen LogP contribution >= 0.6 is 0 Å². The van der Waals surface area contributed by atoms with Gasteiger partial charge in [-0.3, -0.25) is 14.4 Å². The third-order valence-electron chi connectivity index (χ3n) is 12.6. The average Bonchev–Trinajstić information content (AvgIpc) is 3.22. The number of unbranched alkanes of at least 4 members (excludes halogenated alkanes) is 27. The molecule has 0 N–H and O–H groups in total. The van der Waals surface area contributed by atoms with Crippen molar-refractivity contribution >= 4 is 17.9 Å². The molecular weight excluding hydrogens is 733 g/mol. The topological polar surface area (TPSA) is 78.9 Å². The van der Waals surface area contributed by atoms with Gasteiger partial charge in [-0.1, -0.05) is 247 Å². The van der Waals surface area contributed by atoms with Gasteiger partial charge in [-0.2, -0.15) is 0 Å². The summed E-state index contributed by atoms with van der Waals surface area (Å²) < 4.78 is 16.8. The molecule has 0 aliphatic carbocycles. The van der Waals surface area contributed by atoms with Crippen LogP contribution in [0.15, 0.2) is 0 Å². The van der Waals surface area contributed by atoms with Crippen molar-refractivity contribution in [2.45, 2.75) is 292 Å². The van der Waals surface area contributed by atoms with Gasteiger partial charge < -0.3 is 14.2 Å². The molecule has 0 aromatic heterocycles. The minimum absolute atomic E-state index is 0.0654. The van der Waals surface area contributed by atoms with Gasteiger partial charge in [0.2, 0.25) is 0 Å². The summed E-state index contributed by atoms with van der Waals surface area (Å²) in [6, 6.07) is 0. The molecule has 350 valence electrons. The molecule has 0 saturated carbocycles. The van der Waals surface area contributed by atoms with Crippen molar-refractivity contribution in [3.63, 3.8) is 0 Å². The Bertz CT molecular complexity index is 918. The zero-order chi connectivity index (χ0) is 43.4. The lowest BCUT2D eigenvalue weighted by molar-refractivity contribution is -0.167. The molecule has 0 radical (unpaired) electrons. The highest BCUT2D eigenvalue weighted by Crippen LogP contribution is 2.18. The molecule has 6 nitrogen and oxygen atoms in total. The van der Waals surface area contributed by atoms with E-state index in [1.807, 2.05) is 0 Å². The van der Waals surface area contributed by atoms with Crippen molar-refractivity contribution in [2.75, 3.05) is 13.2 Å². The molecule has 0 aromatic rings. The summed E-state index contributed by atoms with van der Waals surface area (Å²) >= 11 is 0. The van der Waals surface area contributed by atoms with Crippen LogP contribution in [-0.2, 0) is 28.6 Å². The Labute approximate surface area is 368 Å². The Morgan fingerprint density at radius 1 is 0.339 bits per heavy atom. The van der Waals surface area contributed by atoms with Crippen molar-refractivity contribution in [3.8, 4) is 0 Å². The Morgan fingerprint density at radius 2 is 0.593 bits per heavy atom. The molecule has 0 fully saturated rings. The van der Waals surface area contributed by atoms with Crippen LogP contribution in [0.25, 0.3) is 0 Å². The van der Waals surface area contributed by atoms with Gasteiger partial charge in [0, 0.05) is 19.3 Å². The number of carbonyl (C=O) groups excluding carboxylic acids is 3. The normalized spacial score (nSPS) is 13.1. The molecule has 6 heteroatoms. The highest BCUT2D eigenvalue weighted by Gasteiger charge is 2.19. The van der Waals surface area contributed by atoms with Crippen LogP contribution in [0.2, 0.25) is 0 Å². The van der Waals surface area contributed by atoms with Crippen molar-refractivity contribution in [3.05, 3.63) is 0 Å². The molecule has 0 aliphatic heterocycles. The molecule has 0 bridgehead atoms. The maximum atomic E-state index is 12.7. The van der Waals surface area contributed by atoms with Crippen LogP contribution in [0.3, 0.4) is 0 Å². The zero-order valence-corrected chi connectivity index (χ0v) is 40.5. The third-order valence-corrected chi connectivity index (χ3v) is 12.6. The fraction of sp³-hybridized carbons (Fsp3) is 0.943. The second-order valence-corrected chi connectivity index (χ2v) is 19.1. The highest BCUT2D eigenvalue weighted by molar-refractivity contribution is 5.71. The first-order valence-corrected chi connectivity index (χ1v) is 26.2. The minimum Gasteiger partial charge on any atom is -0.462 e. The molecule has 0 spiro atoms. The minimum atomic E-state index is -0.763. The SMILES string of the molecule is CCC(C)CCCCCCCCCCCCC(=O)OC[C@@H](COC(=O)CCCCCCCCCCCCCCCCC(C)C)OC(=O)CCCCCCCCC(C)CC. The zero-order valence-electron chi connectivity index (χ0n) is 40.5. The summed E-state index contributed by atoms with van der Waals surface area (Å²) in [7, 11) is 0. The van der Waals surface area contributed by atoms with Crippen LogP contribution in [-0.4, -0.2) is 37.2 Å². The van der Waals surface area contributed by atoms with Crippen LogP contribution in [0.1, 0.15) is 286 Å². The number of carbonyl (C=O) groups is 3. The third kappa shape index (κ3) is 44.3. The smallest absolute Gasteiger partial charge is 0.306 e. The molecule has 0 amide bonds. The molecule has 59 heavy (non-hydrogen) atoms. The maximum absolute atomic E-state index is 12.7. The number of rotatable bonds is 46. The lowest BCUT2D eigenvalue weighted by atomic mass is 9.99. The lowest BCUT2D eigenvalue weighted by Crippen LogP contribution is -2.30. The van der Waals surface area contributed by atoms with Crippen molar-refractivity contribution in [1.82, 2.24) is 0 Å². The number of hydrogen-bond donors (Lipinski definition) is 0. The van der Waals surface area contributed by atoms with E-state index in [9.17, 15) is 14.4 Å². The Kier molecular flexibility index (Phi) is 43.3. The van der Waals surface area contributed by atoms with E-state index in [1.54, 1.807) is 0 Å². The van der Waals surface area contributed by atoms with E-state index in [0.717, 1.165) is 75.5 Å². The highest BCUT2D eigenvalue weighted by atomic mass is 16.6. The molecule has 0 aromatic carbocycles. The maximum Gasteiger partial charge on any atom is 0.306 e. The summed E-state index contributed by atoms with van der Waals surface area (Å²) in [5, 5.41) is 0. The Balaban J connectivity index is 4.28. The van der Waals surface area contributed by atoms with E-state index in [1.165, 1.54) is 167 Å². The van der Waals surface area contributed by atoms with Gasteiger partial charge in [-0.25, -0.2) is 0 Å². The summed E-state index contributed by atoms with van der Waals surface area (Å²) in [5.74, 6) is 1.67. The monoisotopic (exact) mass is 835 g/mol. The van der Waals surface area contributed by atoms with Gasteiger partial charge in [0.15, 0.2) is 6.10 Å². The van der Waals surface area contributed by atoms with E-state index in [2.05, 4.69) is 41.5 Å². The van der Waals surface area contributed by atoms with Crippen molar-refractivity contribution in [2.24, 2.45) is 17.8 Å². The van der Waals surface area contributed by atoms with Gasteiger partial charge in [0.1, 0.15) is 13.2 Å². The molecule has 2 unspecified atom stereocenters. The van der Waals surface area contributed by atoms with Gasteiger partial charge in [0.25, 0.3) is 0 Å². The molecule has 0 saturated heterocycles. The Hall–Kier alpha value is -1.59. The first-order chi connectivity index (χ1) is 28.7. The summed E-state index contributed by atoms with van der Waals surface area (Å²) in [5.41, 5.74) is 0. The fourth-order valence-corrected chi connectivity index (χ4v) is 7.87. The van der Waals surface area contributed by atoms with E-state index in [4.69, 9.17) is 14.2 Å². The molecule has 0 aliphatic rings. The summed E-state index contributed by atoms with van der Waals surface area (Å²) in [6.45, 7) is 13.7. The molecule has 3 atom stereocenters. The van der Waals surface area contributed by atoms with Crippen molar-refractivity contribution in [1.29, 1.82) is 0 Å². The lowest BCUT2D eigenvalue weighted by Gasteiger charge is -2.18. The van der Waals surface area contributed by atoms with Gasteiger partial charge in [-0.05, 0) is 37.0 Å². The van der Waals surface area contributed by atoms with Crippen molar-refractivity contribution < 1.29 is 28.6 Å². The molecule has 0 heterocycles. The largest absolute Gasteiger partial charge is 0.462 e. The van der Waals surface area contributed by atoms with Crippen LogP contribution in [0.5, 0.6) is 0 Å². The Morgan fingerprint density at radius 3 is 0.881 bits per heavy atom. The van der Waals surface area contributed by atoms with Gasteiger partial charge in [0.05, 0.1) is 0 Å². The number of hydrogen-bond acceptors (Lipinski definition) is 6. The second kappa shape index (κ2) is 44.5. The van der Waals surface area contributed by atoms with Crippen LogP contribution in [0, 0.1) is 17.8 Å². The fourth-order valence-electron chi connectivity index (χ4n) is 7.87. The van der Waals surface area contributed by atoms with E-state index < -0.39 is 6.10 Å². The predicted molar refractivity (Wildman–Crippen MR) is 252 cm³/mol. The molecular formula is C53H102O6. The summed E-state index contributed by atoms with van der Waals surface area (Å²) in [6.07, 6.45) is 43.7. The van der Waals surface area contributed by atoms with Gasteiger partial charge in [-0.15, -0.1) is 0 Å². The van der Waals surface area contributed by atoms with E-state index >= 15 is 0 Å². The number of esters is 3. The molecule has 0 rings (SSSR count). The standard InChI is InChI=1S/C53H102O6/c1-7-48(5)40-34-28-22-18-15-16-20-24-31-37-43-52(55)58-46-50(59-53(56)44-38-32-26-25-29-35-41-49(6)8-2)45-57-51(54)42-36-30-23-19-14-12-10-9-11-13-17-21-27-33-39-47(3)4/h47-50H,7-46H2,1-6H3/t48?,49?,50-/m1/s1. The van der Waals surface area contributed by atoms with E-state index in [0.29, 0.717) is 19.3 Å². The first kappa shape index (κ1) is 57.4. The van der Waals surface area contributed by atoms with Gasteiger partial charge >= 0.3 is 17.9 Å². The van der Waals surface area contributed by atoms with E-state index in [-0.39, 0.29) is 31.1 Å². The predicted octanol–water partition coefficient (Wildman–Crippen LogP) is 16.8. The summed E-state index contributed by atoms with van der Waals surface area (Å²) in [4.78, 5) is 37.9. The first-order valence-electron chi connectivity index (χ1n) is 26.2. The van der Waals surface area contributed by atoms with Crippen LogP contribution < -0.4 is 0 Å². The van der Waals surface area contributed by atoms with Crippen LogP contribution in [0.4, 0.5) is 0 Å². The average molecular weight is 835 g/mol. The number of ether oxygens (including phenoxy) is 3. The second-order valence-electron chi connectivity index (χ2n) is 19.1.